The van der Waals surface area contributed by atoms with Gasteiger partial charge in [-0.15, -0.1) is 0 Å². The van der Waals surface area contributed by atoms with Crippen molar-refractivity contribution >= 4 is 11.8 Å². The third kappa shape index (κ3) is 1.93. The SMILES string of the molecule is CNC1=CC(=O)N(CC(C)CO)C1=O. The topological polar surface area (TPSA) is 69.6 Å². The van der Waals surface area contributed by atoms with Crippen molar-refractivity contribution in [1.82, 2.24) is 10.2 Å². The summed E-state index contributed by atoms with van der Waals surface area (Å²) in [5, 5.41) is 11.5. The molecule has 0 radical (unpaired) electrons. The Morgan fingerprint density at radius 3 is 2.64 bits per heavy atom. The van der Waals surface area contributed by atoms with Crippen LogP contribution < -0.4 is 5.32 Å². The Hall–Kier alpha value is -1.36. The van der Waals surface area contributed by atoms with Crippen LogP contribution in [0.3, 0.4) is 0 Å². The van der Waals surface area contributed by atoms with Gasteiger partial charge in [-0.05, 0) is 5.92 Å². The summed E-state index contributed by atoms with van der Waals surface area (Å²) < 4.78 is 0. The first-order valence-corrected chi connectivity index (χ1v) is 4.46. The number of nitrogens with one attached hydrogen (secondary N) is 1. The molecule has 5 nitrogen and oxygen atoms in total. The molecular formula is C9H14N2O3. The molecule has 2 N–H and O–H groups in total. The number of hydrogen-bond acceptors (Lipinski definition) is 4. The molecule has 78 valence electrons. The number of rotatable bonds is 4. The molecule has 0 aromatic heterocycles. The summed E-state index contributed by atoms with van der Waals surface area (Å²) in [7, 11) is 1.59. The first-order chi connectivity index (χ1) is 6.60. The van der Waals surface area contributed by atoms with E-state index < -0.39 is 0 Å². The number of nitrogens with zero attached hydrogens (tertiary/aromatic N) is 1. The van der Waals surface area contributed by atoms with E-state index in [4.69, 9.17) is 5.11 Å². The zero-order chi connectivity index (χ0) is 10.7. The zero-order valence-corrected chi connectivity index (χ0v) is 8.28. The number of carbonyl (C=O) groups is 2. The first kappa shape index (κ1) is 10.7. The molecule has 0 bridgehead atoms. The molecule has 1 heterocycles. The molecule has 0 aromatic carbocycles. The normalized spacial score (nSPS) is 18.5. The van der Waals surface area contributed by atoms with Crippen molar-refractivity contribution in [3.8, 4) is 0 Å². The number of aliphatic hydroxyl groups excluding tert-OH is 1. The van der Waals surface area contributed by atoms with Crippen LogP contribution in [0.1, 0.15) is 6.92 Å². The van der Waals surface area contributed by atoms with Crippen molar-refractivity contribution in [2.45, 2.75) is 6.92 Å². The van der Waals surface area contributed by atoms with E-state index in [1.54, 1.807) is 14.0 Å². The fourth-order valence-electron chi connectivity index (χ4n) is 1.23. The largest absolute Gasteiger partial charge is 0.396 e. The smallest absolute Gasteiger partial charge is 0.276 e. The molecule has 1 atom stereocenters. The Kier molecular flexibility index (Phi) is 3.24. The molecular weight excluding hydrogens is 184 g/mol. The average molecular weight is 198 g/mol. The molecule has 1 rings (SSSR count). The van der Waals surface area contributed by atoms with Crippen LogP contribution in [-0.2, 0) is 9.59 Å². The predicted octanol–water partition coefficient (Wildman–Crippen LogP) is -0.913. The Labute approximate surface area is 82.4 Å². The van der Waals surface area contributed by atoms with Gasteiger partial charge in [0.1, 0.15) is 5.70 Å². The fourth-order valence-corrected chi connectivity index (χ4v) is 1.23. The molecule has 14 heavy (non-hydrogen) atoms. The summed E-state index contributed by atoms with van der Waals surface area (Å²) >= 11 is 0. The molecule has 0 spiro atoms. The summed E-state index contributed by atoms with van der Waals surface area (Å²) in [6.07, 6.45) is 1.27. The van der Waals surface area contributed by atoms with Gasteiger partial charge in [-0.1, -0.05) is 6.92 Å². The van der Waals surface area contributed by atoms with Crippen LogP contribution in [0.5, 0.6) is 0 Å². The van der Waals surface area contributed by atoms with Gasteiger partial charge in [0, 0.05) is 26.3 Å². The molecule has 1 aliphatic rings. The summed E-state index contributed by atoms with van der Waals surface area (Å²) in [6, 6.07) is 0. The molecule has 0 aliphatic carbocycles. The molecule has 2 amide bonds. The fraction of sp³-hybridized carbons (Fsp3) is 0.556. The molecule has 1 unspecified atom stereocenters. The van der Waals surface area contributed by atoms with E-state index in [9.17, 15) is 9.59 Å². The van der Waals surface area contributed by atoms with Crippen molar-refractivity contribution in [3.63, 3.8) is 0 Å². The second-order valence-corrected chi connectivity index (χ2v) is 3.35. The minimum Gasteiger partial charge on any atom is -0.396 e. The molecule has 0 saturated carbocycles. The highest BCUT2D eigenvalue weighted by Gasteiger charge is 2.30. The van der Waals surface area contributed by atoms with E-state index in [2.05, 4.69) is 5.32 Å². The molecule has 1 aliphatic heterocycles. The first-order valence-electron chi connectivity index (χ1n) is 4.46. The van der Waals surface area contributed by atoms with Gasteiger partial charge in [0.15, 0.2) is 0 Å². The molecule has 0 aromatic rings. The third-order valence-corrected chi connectivity index (χ3v) is 2.08. The lowest BCUT2D eigenvalue weighted by Gasteiger charge is -2.17. The molecule has 0 saturated heterocycles. The Morgan fingerprint density at radius 2 is 2.21 bits per heavy atom. The van der Waals surface area contributed by atoms with Gasteiger partial charge in [0.05, 0.1) is 0 Å². The summed E-state index contributed by atoms with van der Waals surface area (Å²) in [5.41, 5.74) is 0.306. The highest BCUT2D eigenvalue weighted by atomic mass is 16.3. The van der Waals surface area contributed by atoms with Crippen LogP contribution in [0.25, 0.3) is 0 Å². The Bertz CT molecular complexity index is 286. The van der Waals surface area contributed by atoms with Crippen LogP contribution in [0.4, 0.5) is 0 Å². The van der Waals surface area contributed by atoms with E-state index in [0.717, 1.165) is 4.90 Å². The number of aliphatic hydroxyl groups is 1. The van der Waals surface area contributed by atoms with Crippen LogP contribution in [0.2, 0.25) is 0 Å². The Morgan fingerprint density at radius 1 is 1.57 bits per heavy atom. The number of carbonyl (C=O) groups excluding carboxylic acids is 2. The van der Waals surface area contributed by atoms with Crippen LogP contribution in [-0.4, -0.2) is 42.0 Å². The predicted molar refractivity (Wildman–Crippen MR) is 50.1 cm³/mol. The summed E-state index contributed by atoms with van der Waals surface area (Å²) in [4.78, 5) is 23.9. The maximum Gasteiger partial charge on any atom is 0.276 e. The van der Waals surface area contributed by atoms with Gasteiger partial charge in [-0.2, -0.15) is 0 Å². The maximum atomic E-state index is 11.5. The number of imide groups is 1. The van der Waals surface area contributed by atoms with Gasteiger partial charge >= 0.3 is 0 Å². The van der Waals surface area contributed by atoms with E-state index in [1.165, 1.54) is 6.08 Å². The molecule has 0 fully saturated rings. The highest BCUT2D eigenvalue weighted by Crippen LogP contribution is 2.11. The standard InChI is InChI=1S/C9H14N2O3/c1-6(5-12)4-11-8(13)3-7(10-2)9(11)14/h3,6,10,12H,4-5H2,1-2H3. The van der Waals surface area contributed by atoms with Crippen molar-refractivity contribution in [2.24, 2.45) is 5.92 Å². The quantitative estimate of drug-likeness (QED) is 0.574. The third-order valence-electron chi connectivity index (χ3n) is 2.08. The van der Waals surface area contributed by atoms with Crippen molar-refractivity contribution in [2.75, 3.05) is 20.2 Å². The van der Waals surface area contributed by atoms with Gasteiger partial charge < -0.3 is 10.4 Å². The molecule has 5 heteroatoms. The maximum absolute atomic E-state index is 11.5. The van der Waals surface area contributed by atoms with Gasteiger partial charge in [0.25, 0.3) is 11.8 Å². The lowest BCUT2D eigenvalue weighted by atomic mass is 10.2. The van der Waals surface area contributed by atoms with E-state index >= 15 is 0 Å². The minimum absolute atomic E-state index is 0.0358. The van der Waals surface area contributed by atoms with Gasteiger partial charge in [-0.25, -0.2) is 0 Å². The highest BCUT2D eigenvalue weighted by molar-refractivity contribution is 6.15. The zero-order valence-electron chi connectivity index (χ0n) is 8.28. The number of hydrogen-bond donors (Lipinski definition) is 2. The second-order valence-electron chi connectivity index (χ2n) is 3.35. The second kappa shape index (κ2) is 4.23. The van der Waals surface area contributed by atoms with E-state index in [-0.39, 0.29) is 30.9 Å². The Balaban J connectivity index is 2.66. The van der Waals surface area contributed by atoms with E-state index in [1.807, 2.05) is 0 Å². The lowest BCUT2D eigenvalue weighted by molar-refractivity contribution is -0.138. The van der Waals surface area contributed by atoms with Gasteiger partial charge in [-0.3, -0.25) is 14.5 Å². The van der Waals surface area contributed by atoms with Crippen LogP contribution >= 0.6 is 0 Å². The summed E-state index contributed by atoms with van der Waals surface area (Å²) in [5.74, 6) is -0.732. The van der Waals surface area contributed by atoms with Crippen molar-refractivity contribution in [1.29, 1.82) is 0 Å². The van der Waals surface area contributed by atoms with Gasteiger partial charge in [0.2, 0.25) is 0 Å². The average Bonchev–Trinajstić information content (AvgIpc) is 2.44. The minimum atomic E-state index is -0.321. The monoisotopic (exact) mass is 198 g/mol. The van der Waals surface area contributed by atoms with Crippen molar-refractivity contribution < 1.29 is 14.7 Å². The van der Waals surface area contributed by atoms with Crippen molar-refractivity contribution in [3.05, 3.63) is 11.8 Å². The summed E-state index contributed by atoms with van der Waals surface area (Å²) in [6.45, 7) is 2.00. The number of amides is 2. The van der Waals surface area contributed by atoms with Crippen LogP contribution in [0.15, 0.2) is 11.8 Å². The van der Waals surface area contributed by atoms with E-state index in [0.29, 0.717) is 5.70 Å². The lowest BCUT2D eigenvalue weighted by Crippen LogP contribution is -2.37. The van der Waals surface area contributed by atoms with Crippen LogP contribution in [0, 0.1) is 5.92 Å². The number of likely N-dealkylation sites (N-methyl/N-ethyl adjacent to an activating group) is 1.